The fourth-order valence-corrected chi connectivity index (χ4v) is 2.97. The number of aliphatic hydroxyl groups excluding tert-OH is 1. The van der Waals surface area contributed by atoms with Crippen LogP contribution in [-0.4, -0.2) is 5.11 Å². The lowest BCUT2D eigenvalue weighted by Crippen LogP contribution is -2.14. The molecule has 1 aromatic heterocycles. The maximum Gasteiger partial charge on any atom is 0.146 e. The van der Waals surface area contributed by atoms with Crippen molar-refractivity contribution in [3.8, 4) is 0 Å². The zero-order valence-electron chi connectivity index (χ0n) is 9.49. The molecule has 1 atom stereocenters. The van der Waals surface area contributed by atoms with E-state index in [9.17, 15) is 5.11 Å². The summed E-state index contributed by atoms with van der Waals surface area (Å²) in [5, 5.41) is 10.3. The second kappa shape index (κ2) is 5.87. The molecule has 2 nitrogen and oxygen atoms in total. The van der Waals surface area contributed by atoms with Gasteiger partial charge in [0, 0.05) is 0 Å². The summed E-state index contributed by atoms with van der Waals surface area (Å²) in [6, 6.07) is 1.85. The van der Waals surface area contributed by atoms with E-state index in [4.69, 9.17) is 4.42 Å². The number of hydrogen-bond donors (Lipinski definition) is 1. The Balaban J connectivity index is 2.02. The average molecular weight is 287 g/mol. The van der Waals surface area contributed by atoms with E-state index in [-0.39, 0.29) is 0 Å². The van der Waals surface area contributed by atoms with E-state index in [2.05, 4.69) is 15.9 Å². The Kier molecular flexibility index (Phi) is 4.47. The maximum atomic E-state index is 10.3. The van der Waals surface area contributed by atoms with E-state index >= 15 is 0 Å². The summed E-state index contributed by atoms with van der Waals surface area (Å²) in [6.07, 6.45) is 9.87. The smallest absolute Gasteiger partial charge is 0.146 e. The highest BCUT2D eigenvalue weighted by atomic mass is 79.9. The number of aliphatic hydroxyl groups is 1. The van der Waals surface area contributed by atoms with Gasteiger partial charge in [0.15, 0.2) is 0 Å². The minimum absolute atomic E-state index is 0.364. The van der Waals surface area contributed by atoms with Crippen LogP contribution in [0.4, 0.5) is 0 Å². The Hall–Kier alpha value is -0.280. The molecule has 0 saturated heterocycles. The summed E-state index contributed by atoms with van der Waals surface area (Å²) in [5.41, 5.74) is 0. The zero-order valence-corrected chi connectivity index (χ0v) is 11.1. The van der Waals surface area contributed by atoms with Crippen molar-refractivity contribution in [2.45, 2.75) is 51.0 Å². The molecule has 1 N–H and O–H groups in total. The SMILES string of the molecule is OC(c1occc1Br)C1CCCCCCC1. The molecule has 0 aliphatic heterocycles. The molecule has 1 aliphatic rings. The van der Waals surface area contributed by atoms with Gasteiger partial charge in [-0.1, -0.05) is 32.1 Å². The first-order valence-electron chi connectivity index (χ1n) is 6.20. The summed E-state index contributed by atoms with van der Waals surface area (Å²) in [5.74, 6) is 1.06. The molecular formula is C13H19BrO2. The summed E-state index contributed by atoms with van der Waals surface area (Å²) in [4.78, 5) is 0. The van der Waals surface area contributed by atoms with Crippen molar-refractivity contribution in [1.29, 1.82) is 0 Å². The van der Waals surface area contributed by atoms with Gasteiger partial charge >= 0.3 is 0 Å². The fourth-order valence-electron chi connectivity index (χ4n) is 2.53. The minimum Gasteiger partial charge on any atom is -0.465 e. The highest BCUT2D eigenvalue weighted by Crippen LogP contribution is 2.36. The molecule has 0 bridgehead atoms. The monoisotopic (exact) mass is 286 g/mol. The summed E-state index contributed by atoms with van der Waals surface area (Å²) < 4.78 is 6.25. The molecule has 1 aliphatic carbocycles. The van der Waals surface area contributed by atoms with Crippen molar-refractivity contribution in [2.24, 2.45) is 5.92 Å². The predicted molar refractivity (Wildman–Crippen MR) is 67.2 cm³/mol. The Morgan fingerprint density at radius 3 is 2.38 bits per heavy atom. The van der Waals surface area contributed by atoms with E-state index in [0.29, 0.717) is 11.7 Å². The number of rotatable bonds is 2. The van der Waals surface area contributed by atoms with Crippen LogP contribution >= 0.6 is 15.9 Å². The first-order chi connectivity index (χ1) is 7.79. The molecule has 1 saturated carbocycles. The lowest BCUT2D eigenvalue weighted by molar-refractivity contribution is 0.0703. The van der Waals surface area contributed by atoms with Crippen LogP contribution in [0.2, 0.25) is 0 Å². The van der Waals surface area contributed by atoms with Gasteiger partial charge in [-0.25, -0.2) is 0 Å². The average Bonchev–Trinajstić information content (AvgIpc) is 2.63. The lowest BCUT2D eigenvalue weighted by Gasteiger charge is -2.23. The second-order valence-corrected chi connectivity index (χ2v) is 5.54. The molecule has 1 heterocycles. The van der Waals surface area contributed by atoms with E-state index < -0.39 is 6.10 Å². The second-order valence-electron chi connectivity index (χ2n) is 4.68. The highest BCUT2D eigenvalue weighted by Gasteiger charge is 2.25. The molecule has 16 heavy (non-hydrogen) atoms. The van der Waals surface area contributed by atoms with E-state index in [1.807, 2.05) is 6.07 Å². The third-order valence-electron chi connectivity index (χ3n) is 3.51. The standard InChI is InChI=1S/C13H19BrO2/c14-11-8-9-16-13(11)12(15)10-6-4-2-1-3-5-7-10/h8-10,12,15H,1-7H2. The van der Waals surface area contributed by atoms with Crippen molar-refractivity contribution in [2.75, 3.05) is 0 Å². The quantitative estimate of drug-likeness (QED) is 0.872. The van der Waals surface area contributed by atoms with E-state index in [1.54, 1.807) is 6.26 Å². The van der Waals surface area contributed by atoms with Crippen molar-refractivity contribution >= 4 is 15.9 Å². The topological polar surface area (TPSA) is 33.4 Å². The molecule has 0 radical (unpaired) electrons. The molecule has 2 rings (SSSR count). The van der Waals surface area contributed by atoms with Crippen molar-refractivity contribution in [3.63, 3.8) is 0 Å². The Morgan fingerprint density at radius 1 is 1.19 bits per heavy atom. The van der Waals surface area contributed by atoms with Gasteiger partial charge in [0.25, 0.3) is 0 Å². The van der Waals surface area contributed by atoms with Gasteiger partial charge in [-0.2, -0.15) is 0 Å². The van der Waals surface area contributed by atoms with Gasteiger partial charge in [-0.15, -0.1) is 0 Å². The highest BCUT2D eigenvalue weighted by molar-refractivity contribution is 9.10. The predicted octanol–water partition coefficient (Wildman–Crippen LogP) is 4.44. The third-order valence-corrected chi connectivity index (χ3v) is 4.16. The number of furan rings is 1. The Labute approximate surface area is 105 Å². The van der Waals surface area contributed by atoms with Crippen LogP contribution in [-0.2, 0) is 0 Å². The molecule has 0 amide bonds. The summed E-state index contributed by atoms with van der Waals surface area (Å²) >= 11 is 3.41. The van der Waals surface area contributed by atoms with Crippen LogP contribution < -0.4 is 0 Å². The van der Waals surface area contributed by atoms with Gasteiger partial charge < -0.3 is 9.52 Å². The molecule has 90 valence electrons. The van der Waals surface area contributed by atoms with Crippen LogP contribution in [0.1, 0.15) is 56.8 Å². The molecule has 1 aromatic rings. The first-order valence-corrected chi connectivity index (χ1v) is 6.99. The Bertz CT molecular complexity index is 313. The first kappa shape index (κ1) is 12.2. The van der Waals surface area contributed by atoms with Gasteiger partial charge in [-0.05, 0) is 40.8 Å². The van der Waals surface area contributed by atoms with Gasteiger partial charge in [0.1, 0.15) is 11.9 Å². The van der Waals surface area contributed by atoms with Crippen LogP contribution in [0.3, 0.4) is 0 Å². The molecule has 0 aromatic carbocycles. The third kappa shape index (κ3) is 2.89. The number of halogens is 1. The summed E-state index contributed by atoms with van der Waals surface area (Å²) in [6.45, 7) is 0. The van der Waals surface area contributed by atoms with Gasteiger partial charge in [0.05, 0.1) is 10.7 Å². The molecule has 0 spiro atoms. The Morgan fingerprint density at radius 2 is 1.81 bits per heavy atom. The molecule has 1 fully saturated rings. The molecular weight excluding hydrogens is 268 g/mol. The normalized spacial score (nSPS) is 21.4. The molecule has 3 heteroatoms. The van der Waals surface area contributed by atoms with Crippen LogP contribution in [0.5, 0.6) is 0 Å². The fraction of sp³-hybridized carbons (Fsp3) is 0.692. The van der Waals surface area contributed by atoms with Crippen molar-refractivity contribution in [3.05, 3.63) is 22.6 Å². The van der Waals surface area contributed by atoms with Crippen LogP contribution in [0, 0.1) is 5.92 Å². The maximum absolute atomic E-state index is 10.3. The molecule has 1 unspecified atom stereocenters. The largest absolute Gasteiger partial charge is 0.465 e. The zero-order chi connectivity index (χ0) is 11.4. The minimum atomic E-state index is -0.442. The van der Waals surface area contributed by atoms with E-state index in [0.717, 1.165) is 17.3 Å². The van der Waals surface area contributed by atoms with Crippen LogP contribution in [0.15, 0.2) is 21.2 Å². The van der Waals surface area contributed by atoms with Crippen molar-refractivity contribution < 1.29 is 9.52 Å². The van der Waals surface area contributed by atoms with Gasteiger partial charge in [0.2, 0.25) is 0 Å². The number of hydrogen-bond acceptors (Lipinski definition) is 2. The van der Waals surface area contributed by atoms with E-state index in [1.165, 1.54) is 32.1 Å². The van der Waals surface area contributed by atoms with Crippen molar-refractivity contribution in [1.82, 2.24) is 0 Å². The lowest BCUT2D eigenvalue weighted by atomic mass is 9.86. The van der Waals surface area contributed by atoms with Gasteiger partial charge in [-0.3, -0.25) is 0 Å². The van der Waals surface area contributed by atoms with Crippen LogP contribution in [0.25, 0.3) is 0 Å². The summed E-state index contributed by atoms with van der Waals surface area (Å²) in [7, 11) is 0.